The molecule has 1 heterocycles. The van der Waals surface area contributed by atoms with Crippen molar-refractivity contribution in [3.8, 4) is 5.69 Å². The summed E-state index contributed by atoms with van der Waals surface area (Å²) >= 11 is 0. The van der Waals surface area contributed by atoms with Gasteiger partial charge in [0.25, 0.3) is 0 Å². The van der Waals surface area contributed by atoms with Crippen molar-refractivity contribution in [3.05, 3.63) is 42.2 Å². The van der Waals surface area contributed by atoms with E-state index in [0.717, 1.165) is 5.69 Å². The van der Waals surface area contributed by atoms with Crippen LogP contribution in [-0.4, -0.2) is 21.5 Å². The fraction of sp³-hybridized carbons (Fsp3) is 0.273. The van der Waals surface area contributed by atoms with E-state index in [9.17, 15) is 4.39 Å². The van der Waals surface area contributed by atoms with Gasteiger partial charge in [-0.15, -0.1) is 5.10 Å². The van der Waals surface area contributed by atoms with Crippen molar-refractivity contribution in [2.45, 2.75) is 12.6 Å². The Kier molecular flexibility index (Phi) is 2.70. The van der Waals surface area contributed by atoms with Crippen molar-refractivity contribution < 1.29 is 4.39 Å². The normalized spacial score (nSPS) is 14.7. The zero-order chi connectivity index (χ0) is 11.6. The maximum atomic E-state index is 14.1. The first-order valence-corrected chi connectivity index (χ1v) is 5.01. The molecule has 0 fully saturated rings. The fourth-order valence-electron chi connectivity index (χ4n) is 1.45. The third kappa shape index (κ3) is 1.81. The second-order valence-corrected chi connectivity index (χ2v) is 3.77. The Labute approximate surface area is 92.9 Å². The van der Waals surface area contributed by atoms with E-state index in [1.54, 1.807) is 0 Å². The molecule has 0 saturated heterocycles. The summed E-state index contributed by atoms with van der Waals surface area (Å²) < 4.78 is 15.6. The predicted octanol–water partition coefficient (Wildman–Crippen LogP) is 1.41. The molecular formula is C11H13FN4. The van der Waals surface area contributed by atoms with Crippen LogP contribution in [0.3, 0.4) is 0 Å². The molecule has 2 N–H and O–H groups in total. The van der Waals surface area contributed by atoms with Gasteiger partial charge in [-0.1, -0.05) is 23.4 Å². The van der Waals surface area contributed by atoms with Crippen LogP contribution in [-0.2, 0) is 5.67 Å². The minimum atomic E-state index is -1.63. The minimum Gasteiger partial charge on any atom is -0.327 e. The van der Waals surface area contributed by atoms with Gasteiger partial charge in [-0.05, 0) is 19.1 Å². The quantitative estimate of drug-likeness (QED) is 0.850. The number of nitrogens with zero attached hydrogens (tertiary/aromatic N) is 3. The Morgan fingerprint density at radius 3 is 2.69 bits per heavy atom. The summed E-state index contributed by atoms with van der Waals surface area (Å²) in [6, 6.07) is 9.28. The molecule has 0 aliphatic rings. The molecule has 1 atom stereocenters. The van der Waals surface area contributed by atoms with E-state index in [1.165, 1.54) is 17.8 Å². The van der Waals surface area contributed by atoms with E-state index in [-0.39, 0.29) is 6.54 Å². The van der Waals surface area contributed by atoms with Gasteiger partial charge in [-0.2, -0.15) is 0 Å². The topological polar surface area (TPSA) is 56.7 Å². The zero-order valence-corrected chi connectivity index (χ0v) is 8.97. The summed E-state index contributed by atoms with van der Waals surface area (Å²) in [4.78, 5) is 0. The van der Waals surface area contributed by atoms with Crippen molar-refractivity contribution in [3.63, 3.8) is 0 Å². The molecule has 0 bridgehead atoms. The van der Waals surface area contributed by atoms with Crippen molar-refractivity contribution in [1.82, 2.24) is 15.0 Å². The number of rotatable bonds is 3. The van der Waals surface area contributed by atoms with Crippen molar-refractivity contribution in [2.24, 2.45) is 5.73 Å². The lowest BCUT2D eigenvalue weighted by Crippen LogP contribution is -2.29. The highest BCUT2D eigenvalue weighted by molar-refractivity contribution is 5.32. The van der Waals surface area contributed by atoms with Crippen LogP contribution in [0, 0.1) is 0 Å². The SMILES string of the molecule is CC(F)(CN)c1cnnn1-c1ccccc1. The molecule has 16 heavy (non-hydrogen) atoms. The Morgan fingerprint density at radius 1 is 1.38 bits per heavy atom. The van der Waals surface area contributed by atoms with Gasteiger partial charge in [0, 0.05) is 6.54 Å². The average molecular weight is 220 g/mol. The molecule has 5 heteroatoms. The van der Waals surface area contributed by atoms with Crippen LogP contribution < -0.4 is 5.73 Å². The number of nitrogens with two attached hydrogens (primary N) is 1. The van der Waals surface area contributed by atoms with Gasteiger partial charge in [0.2, 0.25) is 0 Å². The summed E-state index contributed by atoms with van der Waals surface area (Å²) in [5, 5.41) is 7.60. The highest BCUT2D eigenvalue weighted by Crippen LogP contribution is 2.24. The van der Waals surface area contributed by atoms with Gasteiger partial charge in [-0.3, -0.25) is 0 Å². The van der Waals surface area contributed by atoms with E-state index in [2.05, 4.69) is 10.3 Å². The predicted molar refractivity (Wildman–Crippen MR) is 58.9 cm³/mol. The number of halogens is 1. The van der Waals surface area contributed by atoms with Gasteiger partial charge in [0.05, 0.1) is 11.9 Å². The van der Waals surface area contributed by atoms with Crippen molar-refractivity contribution in [2.75, 3.05) is 6.54 Å². The molecule has 0 aliphatic carbocycles. The monoisotopic (exact) mass is 220 g/mol. The molecule has 0 aliphatic heterocycles. The van der Waals surface area contributed by atoms with E-state index >= 15 is 0 Å². The fourth-order valence-corrected chi connectivity index (χ4v) is 1.45. The molecule has 0 spiro atoms. The maximum Gasteiger partial charge on any atom is 0.163 e. The van der Waals surface area contributed by atoms with E-state index < -0.39 is 5.67 Å². The summed E-state index contributed by atoms with van der Waals surface area (Å²) in [5.41, 5.74) is 4.91. The van der Waals surface area contributed by atoms with Crippen LogP contribution in [0.4, 0.5) is 4.39 Å². The second-order valence-electron chi connectivity index (χ2n) is 3.77. The molecule has 84 valence electrons. The summed E-state index contributed by atoms with van der Waals surface area (Å²) in [7, 11) is 0. The van der Waals surface area contributed by atoms with Crippen LogP contribution in [0.15, 0.2) is 36.5 Å². The minimum absolute atomic E-state index is 0.104. The largest absolute Gasteiger partial charge is 0.327 e. The Bertz CT molecular complexity index is 464. The standard InChI is InChI=1S/C11H13FN4/c1-11(12,8-13)10-7-14-15-16(10)9-5-3-2-4-6-9/h2-7H,8,13H2,1H3. The first kappa shape index (κ1) is 10.8. The van der Waals surface area contributed by atoms with Crippen molar-refractivity contribution in [1.29, 1.82) is 0 Å². The Balaban J connectivity index is 2.49. The van der Waals surface area contributed by atoms with Crippen LogP contribution in [0.2, 0.25) is 0 Å². The summed E-state index contributed by atoms with van der Waals surface area (Å²) in [5.74, 6) is 0. The van der Waals surface area contributed by atoms with Gasteiger partial charge in [0.1, 0.15) is 5.69 Å². The molecule has 1 aromatic carbocycles. The van der Waals surface area contributed by atoms with Crippen molar-refractivity contribution >= 4 is 0 Å². The molecule has 1 aromatic heterocycles. The zero-order valence-electron chi connectivity index (χ0n) is 8.97. The molecular weight excluding hydrogens is 207 g/mol. The average Bonchev–Trinajstić information content (AvgIpc) is 2.80. The lowest BCUT2D eigenvalue weighted by Gasteiger charge is -2.18. The number of alkyl halides is 1. The van der Waals surface area contributed by atoms with Crippen LogP contribution >= 0.6 is 0 Å². The smallest absolute Gasteiger partial charge is 0.163 e. The molecule has 0 saturated carbocycles. The van der Waals surface area contributed by atoms with Gasteiger partial charge < -0.3 is 5.73 Å². The van der Waals surface area contributed by atoms with Gasteiger partial charge in [-0.25, -0.2) is 9.07 Å². The summed E-state index contributed by atoms with van der Waals surface area (Å²) in [6.07, 6.45) is 1.40. The van der Waals surface area contributed by atoms with Gasteiger partial charge in [0.15, 0.2) is 5.67 Å². The first-order valence-electron chi connectivity index (χ1n) is 5.01. The highest BCUT2D eigenvalue weighted by atomic mass is 19.1. The number of benzene rings is 1. The lowest BCUT2D eigenvalue weighted by atomic mass is 10.1. The van der Waals surface area contributed by atoms with Gasteiger partial charge >= 0.3 is 0 Å². The third-order valence-electron chi connectivity index (χ3n) is 2.47. The first-order chi connectivity index (χ1) is 7.65. The number of aromatic nitrogens is 3. The maximum absolute atomic E-state index is 14.1. The molecule has 4 nitrogen and oxygen atoms in total. The van der Waals surface area contributed by atoms with Crippen LogP contribution in [0.1, 0.15) is 12.6 Å². The second kappa shape index (κ2) is 4.02. The van der Waals surface area contributed by atoms with Crippen LogP contribution in [0.5, 0.6) is 0 Å². The van der Waals surface area contributed by atoms with E-state index in [4.69, 9.17) is 5.73 Å². The molecule has 1 unspecified atom stereocenters. The third-order valence-corrected chi connectivity index (χ3v) is 2.47. The number of hydrogen-bond donors (Lipinski definition) is 1. The lowest BCUT2D eigenvalue weighted by molar-refractivity contribution is 0.192. The molecule has 2 aromatic rings. The summed E-state index contributed by atoms with van der Waals surface area (Å²) in [6.45, 7) is 1.32. The number of hydrogen-bond acceptors (Lipinski definition) is 3. The number of para-hydroxylation sites is 1. The van der Waals surface area contributed by atoms with Crippen LogP contribution in [0.25, 0.3) is 5.69 Å². The molecule has 2 rings (SSSR count). The van der Waals surface area contributed by atoms with E-state index in [1.807, 2.05) is 30.3 Å². The Hall–Kier alpha value is -1.75. The highest BCUT2D eigenvalue weighted by Gasteiger charge is 2.29. The molecule has 0 radical (unpaired) electrons. The molecule has 0 amide bonds. The Morgan fingerprint density at radius 2 is 2.06 bits per heavy atom. The van der Waals surface area contributed by atoms with E-state index in [0.29, 0.717) is 5.69 Å².